The average molecular weight is 575 g/mol. The Balaban J connectivity index is 1.27. The summed E-state index contributed by atoms with van der Waals surface area (Å²) in [6.07, 6.45) is 14.8. The number of anilines is 2. The molecule has 2 aromatic carbocycles. The highest BCUT2D eigenvalue weighted by molar-refractivity contribution is 6.30. The number of piperidine rings is 1. The number of fused-ring (bicyclic) bond motifs is 1. The van der Waals surface area contributed by atoms with Gasteiger partial charge in [-0.05, 0) is 119 Å². The van der Waals surface area contributed by atoms with E-state index in [1.54, 1.807) is 0 Å². The highest BCUT2D eigenvalue weighted by Crippen LogP contribution is 2.36. The predicted molar refractivity (Wildman–Crippen MR) is 169 cm³/mol. The summed E-state index contributed by atoms with van der Waals surface area (Å²) in [5.74, 6) is -0.118. The Bertz CT molecular complexity index is 1300. The van der Waals surface area contributed by atoms with Crippen molar-refractivity contribution in [3.8, 4) is 0 Å². The van der Waals surface area contributed by atoms with Gasteiger partial charge in [0.2, 0.25) is 5.91 Å². The van der Waals surface area contributed by atoms with Gasteiger partial charge in [0, 0.05) is 34.5 Å². The number of aryl methyl sites for hydroxylation is 1. The number of carbonyl (C=O) groups is 2. The van der Waals surface area contributed by atoms with Crippen LogP contribution in [0.25, 0.3) is 0 Å². The summed E-state index contributed by atoms with van der Waals surface area (Å²) >= 11 is 6.47. The Morgan fingerprint density at radius 3 is 2.56 bits per heavy atom. The summed E-state index contributed by atoms with van der Waals surface area (Å²) in [6, 6.07) is 11.6. The molecule has 6 nitrogen and oxygen atoms in total. The van der Waals surface area contributed by atoms with Gasteiger partial charge in [0.25, 0.3) is 5.91 Å². The van der Waals surface area contributed by atoms with E-state index in [1.807, 2.05) is 79.4 Å². The molecule has 2 amide bonds. The molecule has 0 radical (unpaired) electrons. The van der Waals surface area contributed by atoms with Crippen molar-refractivity contribution in [1.82, 2.24) is 10.2 Å². The van der Waals surface area contributed by atoms with E-state index in [1.165, 1.54) is 32.4 Å². The van der Waals surface area contributed by atoms with Crippen LogP contribution in [0, 0.1) is 18.8 Å². The molecule has 3 unspecified atom stereocenters. The zero-order valence-corrected chi connectivity index (χ0v) is 25.1. The van der Waals surface area contributed by atoms with E-state index in [-0.39, 0.29) is 29.7 Å². The summed E-state index contributed by atoms with van der Waals surface area (Å²) in [7, 11) is 0. The third-order valence-corrected chi connectivity index (χ3v) is 8.94. The smallest absolute Gasteiger partial charge is 0.258 e. The highest BCUT2D eigenvalue weighted by atomic mass is 35.5. The molecule has 218 valence electrons. The maximum atomic E-state index is 13.9. The lowest BCUT2D eigenvalue weighted by molar-refractivity contribution is -0.119. The van der Waals surface area contributed by atoms with E-state index in [0.29, 0.717) is 22.8 Å². The summed E-state index contributed by atoms with van der Waals surface area (Å²) in [6.45, 7) is 9.15. The van der Waals surface area contributed by atoms with Crippen LogP contribution in [0.3, 0.4) is 0 Å². The molecular weight excluding hydrogens is 532 g/mol. The fourth-order valence-electron chi connectivity index (χ4n) is 6.36. The first-order valence-corrected chi connectivity index (χ1v) is 15.6. The first-order valence-electron chi connectivity index (χ1n) is 15.2. The van der Waals surface area contributed by atoms with Gasteiger partial charge in [0.05, 0.1) is 5.92 Å². The van der Waals surface area contributed by atoms with Crippen molar-refractivity contribution in [2.75, 3.05) is 42.9 Å². The lowest BCUT2D eigenvalue weighted by atomic mass is 9.89. The number of benzene rings is 2. The number of allylic oxidation sites excluding steroid dienone is 3. The molecule has 0 bridgehead atoms. The average Bonchev–Trinajstić information content (AvgIpc) is 3.15. The molecule has 2 heterocycles. The molecule has 3 atom stereocenters. The fourth-order valence-corrected chi connectivity index (χ4v) is 6.54. The number of amides is 2. The van der Waals surface area contributed by atoms with Crippen molar-refractivity contribution < 1.29 is 9.59 Å². The second-order valence-corrected chi connectivity index (χ2v) is 12.2. The van der Waals surface area contributed by atoms with Crippen LogP contribution in [0.15, 0.2) is 60.7 Å². The van der Waals surface area contributed by atoms with Crippen LogP contribution in [0.1, 0.15) is 73.0 Å². The monoisotopic (exact) mass is 574 g/mol. The van der Waals surface area contributed by atoms with Gasteiger partial charge in [-0.2, -0.15) is 0 Å². The molecule has 2 aromatic rings. The van der Waals surface area contributed by atoms with Crippen LogP contribution in [0.4, 0.5) is 11.4 Å². The number of halogens is 1. The topological polar surface area (TPSA) is 64.7 Å². The van der Waals surface area contributed by atoms with Crippen molar-refractivity contribution >= 4 is 34.8 Å². The molecule has 0 aromatic heterocycles. The molecule has 0 saturated carbocycles. The molecular formula is C34H43ClN4O2. The number of rotatable bonds is 8. The summed E-state index contributed by atoms with van der Waals surface area (Å²) in [5, 5.41) is 7.50. The Morgan fingerprint density at radius 2 is 1.78 bits per heavy atom. The second-order valence-electron chi connectivity index (χ2n) is 11.7. The molecule has 1 aliphatic carbocycles. The molecule has 7 heteroatoms. The van der Waals surface area contributed by atoms with Gasteiger partial charge >= 0.3 is 0 Å². The standard InChI is InChI=1S/C34H43ClN4O2/c1-24-10-4-5-11-28(24)33(40)37-27-14-15-29(25(2)22-27)34(41)39-21-8-12-31(30-23-26(35)13-16-32(30)39)36-17-9-20-38-18-6-3-7-19-38/h4-5,10-11,13-16,22-24,28,31,36H,3,6-9,12,17-21H2,1-2H3,(H,37,40). The highest BCUT2D eigenvalue weighted by Gasteiger charge is 2.28. The van der Waals surface area contributed by atoms with Crippen molar-refractivity contribution in [2.45, 2.75) is 58.4 Å². The number of carbonyl (C=O) groups excluding carboxylic acids is 2. The van der Waals surface area contributed by atoms with Gasteiger partial charge in [-0.3, -0.25) is 9.59 Å². The zero-order chi connectivity index (χ0) is 28.8. The van der Waals surface area contributed by atoms with E-state index in [2.05, 4.69) is 15.5 Å². The van der Waals surface area contributed by atoms with E-state index in [4.69, 9.17) is 11.6 Å². The Hall–Kier alpha value is -2.93. The van der Waals surface area contributed by atoms with Crippen LogP contribution in [0.2, 0.25) is 5.02 Å². The van der Waals surface area contributed by atoms with Crippen LogP contribution >= 0.6 is 11.6 Å². The van der Waals surface area contributed by atoms with Gasteiger partial charge in [-0.15, -0.1) is 0 Å². The predicted octanol–water partition coefficient (Wildman–Crippen LogP) is 6.91. The first-order chi connectivity index (χ1) is 19.9. The Kier molecular flexibility index (Phi) is 9.97. The van der Waals surface area contributed by atoms with E-state index in [0.717, 1.165) is 49.2 Å². The van der Waals surface area contributed by atoms with Crippen LogP contribution < -0.4 is 15.5 Å². The van der Waals surface area contributed by atoms with E-state index >= 15 is 0 Å². The minimum absolute atomic E-state index is 0.0244. The Labute approximate surface area is 249 Å². The number of nitrogens with one attached hydrogen (secondary N) is 2. The van der Waals surface area contributed by atoms with E-state index in [9.17, 15) is 9.59 Å². The van der Waals surface area contributed by atoms with Crippen molar-refractivity contribution in [3.63, 3.8) is 0 Å². The van der Waals surface area contributed by atoms with Crippen LogP contribution in [-0.2, 0) is 4.79 Å². The number of hydrogen-bond acceptors (Lipinski definition) is 4. The van der Waals surface area contributed by atoms with Gasteiger partial charge < -0.3 is 20.4 Å². The van der Waals surface area contributed by atoms with Crippen LogP contribution in [0.5, 0.6) is 0 Å². The molecule has 5 rings (SSSR count). The zero-order valence-electron chi connectivity index (χ0n) is 24.4. The lowest BCUT2D eigenvalue weighted by Crippen LogP contribution is -2.33. The largest absolute Gasteiger partial charge is 0.326 e. The maximum Gasteiger partial charge on any atom is 0.258 e. The molecule has 1 saturated heterocycles. The van der Waals surface area contributed by atoms with Crippen molar-refractivity contribution in [1.29, 1.82) is 0 Å². The van der Waals surface area contributed by atoms with Gasteiger partial charge in [-0.25, -0.2) is 0 Å². The number of hydrogen-bond donors (Lipinski definition) is 2. The fraction of sp³-hybridized carbons (Fsp3) is 0.471. The van der Waals surface area contributed by atoms with Crippen LogP contribution in [-0.4, -0.2) is 49.4 Å². The van der Waals surface area contributed by atoms with Crippen molar-refractivity contribution in [2.24, 2.45) is 11.8 Å². The first kappa shape index (κ1) is 29.6. The SMILES string of the molecule is Cc1cc(NC(=O)C2C=CC=CC2C)ccc1C(=O)N1CCCC(NCCCN2CCCCC2)c2cc(Cl)ccc21. The van der Waals surface area contributed by atoms with Gasteiger partial charge in [0.15, 0.2) is 0 Å². The lowest BCUT2D eigenvalue weighted by Gasteiger charge is -2.27. The summed E-state index contributed by atoms with van der Waals surface area (Å²) < 4.78 is 0. The quantitative estimate of drug-likeness (QED) is 0.336. The third kappa shape index (κ3) is 7.29. The maximum absolute atomic E-state index is 13.9. The normalized spacial score (nSPS) is 22.7. The molecule has 3 aliphatic rings. The number of likely N-dealkylation sites (tertiary alicyclic amines) is 1. The molecule has 41 heavy (non-hydrogen) atoms. The second kappa shape index (κ2) is 13.8. The van der Waals surface area contributed by atoms with Crippen molar-refractivity contribution in [3.05, 3.63) is 82.4 Å². The molecule has 1 fully saturated rings. The van der Waals surface area contributed by atoms with Gasteiger partial charge in [0.1, 0.15) is 0 Å². The molecule has 2 aliphatic heterocycles. The summed E-state index contributed by atoms with van der Waals surface area (Å²) in [5.41, 5.74) is 4.20. The minimum Gasteiger partial charge on any atom is -0.326 e. The van der Waals surface area contributed by atoms with Gasteiger partial charge in [-0.1, -0.05) is 49.2 Å². The van der Waals surface area contributed by atoms with E-state index < -0.39 is 0 Å². The Morgan fingerprint density at radius 1 is 0.976 bits per heavy atom. The number of nitrogens with zero attached hydrogens (tertiary/aromatic N) is 2. The third-order valence-electron chi connectivity index (χ3n) is 8.70. The molecule has 0 spiro atoms. The minimum atomic E-state index is -0.201. The molecule has 2 N–H and O–H groups in total. The summed E-state index contributed by atoms with van der Waals surface area (Å²) in [4.78, 5) is 31.3.